The summed E-state index contributed by atoms with van der Waals surface area (Å²) >= 11 is 0. The molecular formula is C15H22N2O3. The van der Waals surface area contributed by atoms with Crippen LogP contribution in [-0.4, -0.2) is 43.4 Å². The summed E-state index contributed by atoms with van der Waals surface area (Å²) in [6.45, 7) is 3.29. The Balaban J connectivity index is 1.92. The largest absolute Gasteiger partial charge is 0.388 e. The monoisotopic (exact) mass is 278 g/mol. The molecule has 1 amide bonds. The highest BCUT2D eigenvalue weighted by Gasteiger charge is 2.21. The SMILES string of the molecule is COCCC(C)(O)CNC(=O)c1ccc2c(c1)NCC2. The van der Waals surface area contributed by atoms with Crippen LogP contribution in [0.5, 0.6) is 0 Å². The molecule has 1 aliphatic rings. The average Bonchev–Trinajstić information content (AvgIpc) is 2.90. The van der Waals surface area contributed by atoms with Crippen molar-refractivity contribution in [3.8, 4) is 0 Å². The van der Waals surface area contributed by atoms with Crippen LogP contribution in [0.25, 0.3) is 0 Å². The normalized spacial score (nSPS) is 16.1. The molecule has 0 saturated heterocycles. The van der Waals surface area contributed by atoms with E-state index in [0.29, 0.717) is 18.6 Å². The lowest BCUT2D eigenvalue weighted by molar-refractivity contribution is 0.0243. The van der Waals surface area contributed by atoms with Crippen LogP contribution in [0.3, 0.4) is 0 Å². The first-order valence-electron chi connectivity index (χ1n) is 6.88. The number of rotatable bonds is 6. The molecule has 5 nitrogen and oxygen atoms in total. The molecule has 0 aromatic heterocycles. The van der Waals surface area contributed by atoms with Crippen molar-refractivity contribution in [3.05, 3.63) is 29.3 Å². The van der Waals surface area contributed by atoms with Gasteiger partial charge in [-0.15, -0.1) is 0 Å². The molecule has 1 unspecified atom stereocenters. The summed E-state index contributed by atoms with van der Waals surface area (Å²) in [5.41, 5.74) is 1.93. The van der Waals surface area contributed by atoms with Gasteiger partial charge in [0, 0.05) is 44.5 Å². The van der Waals surface area contributed by atoms with Crippen LogP contribution >= 0.6 is 0 Å². The fourth-order valence-electron chi connectivity index (χ4n) is 2.22. The van der Waals surface area contributed by atoms with Gasteiger partial charge < -0.3 is 20.5 Å². The number of carbonyl (C=O) groups excluding carboxylic acids is 1. The van der Waals surface area contributed by atoms with Crippen molar-refractivity contribution in [1.29, 1.82) is 0 Å². The third-order valence-corrected chi connectivity index (χ3v) is 3.56. The molecule has 0 spiro atoms. The number of fused-ring (bicyclic) bond motifs is 1. The number of amides is 1. The second-order valence-electron chi connectivity index (χ2n) is 5.47. The van der Waals surface area contributed by atoms with E-state index >= 15 is 0 Å². The minimum absolute atomic E-state index is 0.167. The predicted octanol–water partition coefficient (Wildman–Crippen LogP) is 1.17. The molecule has 1 aromatic carbocycles. The van der Waals surface area contributed by atoms with Crippen molar-refractivity contribution < 1.29 is 14.6 Å². The standard InChI is InChI=1S/C15H22N2O3/c1-15(19,6-8-20-2)10-17-14(18)12-4-3-11-5-7-16-13(11)9-12/h3-4,9,16,19H,5-8,10H2,1-2H3,(H,17,18). The van der Waals surface area contributed by atoms with Gasteiger partial charge in [-0.2, -0.15) is 0 Å². The van der Waals surface area contributed by atoms with Gasteiger partial charge in [-0.1, -0.05) is 6.07 Å². The first kappa shape index (κ1) is 14.8. The fraction of sp³-hybridized carbons (Fsp3) is 0.533. The number of carbonyl (C=O) groups is 1. The molecule has 20 heavy (non-hydrogen) atoms. The number of methoxy groups -OCH3 is 1. The molecule has 1 atom stereocenters. The summed E-state index contributed by atoms with van der Waals surface area (Å²) in [7, 11) is 1.59. The van der Waals surface area contributed by atoms with Crippen LogP contribution in [0.4, 0.5) is 5.69 Å². The Morgan fingerprint density at radius 3 is 3.10 bits per heavy atom. The van der Waals surface area contributed by atoms with Gasteiger partial charge in [0.2, 0.25) is 0 Å². The van der Waals surface area contributed by atoms with Crippen molar-refractivity contribution in [2.45, 2.75) is 25.4 Å². The summed E-state index contributed by atoms with van der Waals surface area (Å²) in [5.74, 6) is -0.167. The topological polar surface area (TPSA) is 70.6 Å². The molecule has 0 saturated carbocycles. The molecule has 5 heteroatoms. The number of ether oxygens (including phenoxy) is 1. The summed E-state index contributed by atoms with van der Waals surface area (Å²) < 4.78 is 4.94. The molecule has 1 heterocycles. The number of benzene rings is 1. The predicted molar refractivity (Wildman–Crippen MR) is 78.1 cm³/mol. The first-order chi connectivity index (χ1) is 9.52. The van der Waals surface area contributed by atoms with E-state index < -0.39 is 5.60 Å². The minimum atomic E-state index is -0.958. The zero-order chi connectivity index (χ0) is 14.6. The number of aliphatic hydroxyl groups is 1. The van der Waals surface area contributed by atoms with Crippen LogP contribution in [-0.2, 0) is 11.2 Å². The van der Waals surface area contributed by atoms with Gasteiger partial charge in [0.1, 0.15) is 0 Å². The molecule has 0 bridgehead atoms. The number of nitrogens with one attached hydrogen (secondary N) is 2. The van der Waals surface area contributed by atoms with Crippen LogP contribution in [0, 0.1) is 0 Å². The number of anilines is 1. The van der Waals surface area contributed by atoms with Crippen molar-refractivity contribution in [1.82, 2.24) is 5.32 Å². The van der Waals surface area contributed by atoms with E-state index in [1.165, 1.54) is 5.56 Å². The quantitative estimate of drug-likeness (QED) is 0.730. The Morgan fingerprint density at radius 1 is 1.55 bits per heavy atom. The number of hydrogen-bond acceptors (Lipinski definition) is 4. The summed E-state index contributed by atoms with van der Waals surface area (Å²) in [6, 6.07) is 5.67. The van der Waals surface area contributed by atoms with Gasteiger partial charge >= 0.3 is 0 Å². The van der Waals surface area contributed by atoms with E-state index in [4.69, 9.17) is 4.74 Å². The van der Waals surface area contributed by atoms with E-state index in [2.05, 4.69) is 10.6 Å². The highest BCUT2D eigenvalue weighted by molar-refractivity contribution is 5.95. The molecule has 0 fully saturated rings. The van der Waals surface area contributed by atoms with Crippen LogP contribution in [0.1, 0.15) is 29.3 Å². The summed E-state index contributed by atoms with van der Waals surface area (Å²) in [4.78, 5) is 12.1. The molecule has 3 N–H and O–H groups in total. The molecule has 2 rings (SSSR count). The second-order valence-corrected chi connectivity index (χ2v) is 5.47. The zero-order valence-electron chi connectivity index (χ0n) is 12.0. The highest BCUT2D eigenvalue weighted by Crippen LogP contribution is 2.23. The zero-order valence-corrected chi connectivity index (χ0v) is 12.0. The smallest absolute Gasteiger partial charge is 0.251 e. The number of hydrogen-bond donors (Lipinski definition) is 3. The van der Waals surface area contributed by atoms with Gasteiger partial charge in [0.05, 0.1) is 5.60 Å². The summed E-state index contributed by atoms with van der Waals surface area (Å²) in [6.07, 6.45) is 1.48. The summed E-state index contributed by atoms with van der Waals surface area (Å²) in [5, 5.41) is 16.1. The Kier molecular flexibility index (Phi) is 4.62. The van der Waals surface area contributed by atoms with Gasteiger partial charge in [0.15, 0.2) is 0 Å². The molecule has 0 radical (unpaired) electrons. The second kappa shape index (κ2) is 6.24. The Hall–Kier alpha value is -1.59. The maximum Gasteiger partial charge on any atom is 0.251 e. The Labute approximate surface area is 119 Å². The van der Waals surface area contributed by atoms with Gasteiger partial charge in [-0.05, 0) is 31.0 Å². The lowest BCUT2D eigenvalue weighted by Gasteiger charge is -2.23. The molecule has 110 valence electrons. The third kappa shape index (κ3) is 3.71. The van der Waals surface area contributed by atoms with Crippen molar-refractivity contribution in [2.24, 2.45) is 0 Å². The Morgan fingerprint density at radius 2 is 2.35 bits per heavy atom. The van der Waals surface area contributed by atoms with Crippen molar-refractivity contribution in [2.75, 3.05) is 32.1 Å². The van der Waals surface area contributed by atoms with Crippen LogP contribution in [0.2, 0.25) is 0 Å². The van der Waals surface area contributed by atoms with E-state index in [1.54, 1.807) is 14.0 Å². The molecule has 1 aromatic rings. The highest BCUT2D eigenvalue weighted by atomic mass is 16.5. The minimum Gasteiger partial charge on any atom is -0.388 e. The van der Waals surface area contributed by atoms with E-state index in [-0.39, 0.29) is 12.5 Å². The molecule has 0 aliphatic carbocycles. The third-order valence-electron chi connectivity index (χ3n) is 3.56. The van der Waals surface area contributed by atoms with Gasteiger partial charge in [-0.25, -0.2) is 0 Å². The van der Waals surface area contributed by atoms with E-state index in [1.807, 2.05) is 18.2 Å². The average molecular weight is 278 g/mol. The van der Waals surface area contributed by atoms with Crippen LogP contribution in [0.15, 0.2) is 18.2 Å². The Bertz CT molecular complexity index is 486. The van der Waals surface area contributed by atoms with E-state index in [9.17, 15) is 9.90 Å². The first-order valence-corrected chi connectivity index (χ1v) is 6.88. The molecule has 1 aliphatic heterocycles. The van der Waals surface area contributed by atoms with Crippen molar-refractivity contribution >= 4 is 11.6 Å². The lowest BCUT2D eigenvalue weighted by atomic mass is 10.0. The maximum atomic E-state index is 12.1. The van der Waals surface area contributed by atoms with E-state index in [0.717, 1.165) is 18.7 Å². The van der Waals surface area contributed by atoms with Crippen LogP contribution < -0.4 is 10.6 Å². The lowest BCUT2D eigenvalue weighted by Crippen LogP contribution is -2.41. The maximum absolute atomic E-state index is 12.1. The van der Waals surface area contributed by atoms with Crippen molar-refractivity contribution in [3.63, 3.8) is 0 Å². The fourth-order valence-corrected chi connectivity index (χ4v) is 2.22. The van der Waals surface area contributed by atoms with Gasteiger partial charge in [0.25, 0.3) is 5.91 Å². The molecular weight excluding hydrogens is 256 g/mol. The van der Waals surface area contributed by atoms with Gasteiger partial charge in [-0.3, -0.25) is 4.79 Å².